The van der Waals surface area contributed by atoms with E-state index in [-0.39, 0.29) is 11.9 Å². The molecule has 3 N–H and O–H groups in total. The molecule has 0 saturated heterocycles. The highest BCUT2D eigenvalue weighted by Gasteiger charge is 2.41. The van der Waals surface area contributed by atoms with Gasteiger partial charge in [0.2, 0.25) is 5.88 Å². The molecule has 0 radical (unpaired) electrons. The molecule has 0 spiro atoms. The van der Waals surface area contributed by atoms with Crippen molar-refractivity contribution in [3.05, 3.63) is 47.4 Å². The van der Waals surface area contributed by atoms with Gasteiger partial charge in [-0.15, -0.1) is 0 Å². The number of cyclic esters (lactones) is 1. The number of rotatable bonds is 5. The summed E-state index contributed by atoms with van der Waals surface area (Å²) in [6, 6.07) is 5.48. The minimum absolute atomic E-state index is 0.0464. The Morgan fingerprint density at radius 2 is 1.94 bits per heavy atom. The molecule has 1 saturated carbocycles. The highest BCUT2D eigenvalue weighted by atomic mass is 16.6. The van der Waals surface area contributed by atoms with Crippen LogP contribution in [-0.4, -0.2) is 33.6 Å². The number of hydrogen-bond acceptors (Lipinski definition) is 8. The fourth-order valence-electron chi connectivity index (χ4n) is 4.56. The van der Waals surface area contributed by atoms with Gasteiger partial charge in [-0.05, 0) is 68.7 Å². The number of esters is 1. The van der Waals surface area contributed by atoms with Crippen LogP contribution in [0.3, 0.4) is 0 Å². The Bertz CT molecular complexity index is 1270. The van der Waals surface area contributed by atoms with E-state index < -0.39 is 11.1 Å². The molecule has 5 rings (SSSR count). The quantitative estimate of drug-likeness (QED) is 0.553. The molecule has 1 fully saturated rings. The van der Waals surface area contributed by atoms with Crippen LogP contribution in [-0.2, 0) is 10.3 Å². The molecule has 0 amide bonds. The summed E-state index contributed by atoms with van der Waals surface area (Å²) in [6.45, 7) is 7.88. The van der Waals surface area contributed by atoms with Crippen LogP contribution in [0.5, 0.6) is 5.88 Å². The third-order valence-corrected chi connectivity index (χ3v) is 7.14. The second kappa shape index (κ2) is 7.38. The number of carbonyl (C=O) groups excluding carboxylic acids is 1. The van der Waals surface area contributed by atoms with Crippen molar-refractivity contribution in [2.75, 3.05) is 12.4 Å². The zero-order chi connectivity index (χ0) is 23.5. The fraction of sp³-hybridized carbons (Fsp3) is 0.440. The standard InChI is InChI=1S/C25H29N5O3/c1-13-21-15(23(31)33-24(13,2)3)8-9-19(30-21)29-20-10-16-17(11-27-20)22(32-5)28-12-18(16)25(4,26)14-6-7-14/h8-14H,6-7,26H2,1-5H3,(H,27,29,30)/t13-,25?/m1/s1. The summed E-state index contributed by atoms with van der Waals surface area (Å²) in [5, 5.41) is 5.06. The number of nitrogens with two attached hydrogens (primary N) is 1. The summed E-state index contributed by atoms with van der Waals surface area (Å²) in [5.74, 6) is 1.80. The van der Waals surface area contributed by atoms with Gasteiger partial charge in [-0.3, -0.25) is 0 Å². The van der Waals surface area contributed by atoms with Crippen LogP contribution in [0.25, 0.3) is 10.8 Å². The molecule has 3 aromatic heterocycles. The lowest BCUT2D eigenvalue weighted by Gasteiger charge is -2.36. The highest BCUT2D eigenvalue weighted by Crippen LogP contribution is 2.46. The number of fused-ring (bicyclic) bond motifs is 2. The van der Waals surface area contributed by atoms with Crippen LogP contribution in [0.15, 0.2) is 30.6 Å². The molecule has 0 aromatic carbocycles. The molecule has 1 aliphatic carbocycles. The number of hydrogen-bond donors (Lipinski definition) is 2. The van der Waals surface area contributed by atoms with Gasteiger partial charge in [0.25, 0.3) is 0 Å². The van der Waals surface area contributed by atoms with E-state index in [1.54, 1.807) is 25.4 Å². The Morgan fingerprint density at radius 3 is 2.64 bits per heavy atom. The summed E-state index contributed by atoms with van der Waals surface area (Å²) in [7, 11) is 1.60. The highest BCUT2D eigenvalue weighted by molar-refractivity contribution is 5.93. The van der Waals surface area contributed by atoms with Gasteiger partial charge in [0.05, 0.1) is 23.8 Å². The molecule has 172 valence electrons. The van der Waals surface area contributed by atoms with E-state index >= 15 is 0 Å². The van der Waals surface area contributed by atoms with Gasteiger partial charge in [0, 0.05) is 23.9 Å². The zero-order valence-corrected chi connectivity index (χ0v) is 19.6. The number of nitrogens with zero attached hydrogens (tertiary/aromatic N) is 3. The Hall–Kier alpha value is -3.26. The van der Waals surface area contributed by atoms with E-state index in [4.69, 9.17) is 20.2 Å². The second-order valence-electron chi connectivity index (χ2n) is 9.82. The minimum Gasteiger partial charge on any atom is -0.481 e. The fourth-order valence-corrected chi connectivity index (χ4v) is 4.56. The number of pyridine rings is 3. The number of methoxy groups -OCH3 is 1. The lowest BCUT2D eigenvalue weighted by atomic mass is 9.84. The lowest BCUT2D eigenvalue weighted by Crippen LogP contribution is -2.39. The normalized spacial score (nSPS) is 21.2. The Balaban J connectivity index is 1.55. The summed E-state index contributed by atoms with van der Waals surface area (Å²) in [5.41, 5.74) is 7.84. The predicted molar refractivity (Wildman–Crippen MR) is 126 cm³/mol. The molecule has 3 aromatic rings. The average Bonchev–Trinajstić information content (AvgIpc) is 3.62. The van der Waals surface area contributed by atoms with E-state index in [0.29, 0.717) is 29.0 Å². The van der Waals surface area contributed by atoms with Gasteiger partial charge in [-0.25, -0.2) is 19.7 Å². The van der Waals surface area contributed by atoms with Crippen LogP contribution in [0.4, 0.5) is 11.6 Å². The van der Waals surface area contributed by atoms with Crippen molar-refractivity contribution in [2.45, 2.75) is 57.6 Å². The van der Waals surface area contributed by atoms with Crippen molar-refractivity contribution in [3.8, 4) is 5.88 Å². The SMILES string of the molecule is COc1ncc(C(C)(N)C2CC2)c2cc(Nc3ccc4c(n3)[C@@H](C)C(C)(C)OC4=O)ncc12. The summed E-state index contributed by atoms with van der Waals surface area (Å²) >= 11 is 0. The molecule has 2 aliphatic rings. The number of ether oxygens (including phenoxy) is 2. The van der Waals surface area contributed by atoms with Crippen LogP contribution < -0.4 is 15.8 Å². The summed E-state index contributed by atoms with van der Waals surface area (Å²) < 4.78 is 11.0. The van der Waals surface area contributed by atoms with Crippen molar-refractivity contribution in [2.24, 2.45) is 11.7 Å². The maximum absolute atomic E-state index is 12.4. The molecule has 2 atom stereocenters. The monoisotopic (exact) mass is 447 g/mol. The largest absolute Gasteiger partial charge is 0.481 e. The molecular weight excluding hydrogens is 418 g/mol. The first-order valence-electron chi connectivity index (χ1n) is 11.2. The Morgan fingerprint density at radius 1 is 1.18 bits per heavy atom. The molecular formula is C25H29N5O3. The van der Waals surface area contributed by atoms with Crippen LogP contribution in [0, 0.1) is 5.92 Å². The van der Waals surface area contributed by atoms with Gasteiger partial charge in [0.1, 0.15) is 17.2 Å². The first kappa shape index (κ1) is 21.6. The molecule has 8 heteroatoms. The minimum atomic E-state index is -0.621. The van der Waals surface area contributed by atoms with Crippen molar-refractivity contribution in [1.29, 1.82) is 0 Å². The van der Waals surface area contributed by atoms with E-state index in [9.17, 15) is 4.79 Å². The molecule has 4 heterocycles. The molecule has 8 nitrogen and oxygen atoms in total. The molecule has 0 bridgehead atoms. The van der Waals surface area contributed by atoms with Gasteiger partial charge >= 0.3 is 5.97 Å². The first-order valence-corrected chi connectivity index (χ1v) is 11.2. The van der Waals surface area contributed by atoms with Crippen molar-refractivity contribution < 1.29 is 14.3 Å². The van der Waals surface area contributed by atoms with Gasteiger partial charge in [0.15, 0.2) is 0 Å². The first-order chi connectivity index (χ1) is 15.6. The predicted octanol–water partition coefficient (Wildman–Crippen LogP) is 4.41. The van der Waals surface area contributed by atoms with Gasteiger partial charge in [-0.1, -0.05) is 6.92 Å². The third-order valence-electron chi connectivity index (χ3n) is 7.14. The number of aromatic nitrogens is 3. The van der Waals surface area contributed by atoms with Crippen molar-refractivity contribution in [3.63, 3.8) is 0 Å². The Kier molecular flexibility index (Phi) is 4.83. The Labute approximate surface area is 192 Å². The molecule has 1 aliphatic heterocycles. The van der Waals surface area contributed by atoms with Crippen molar-refractivity contribution >= 4 is 28.4 Å². The maximum Gasteiger partial charge on any atom is 0.340 e. The number of carbonyl (C=O) groups is 1. The third kappa shape index (κ3) is 3.58. The van der Waals surface area contributed by atoms with E-state index in [2.05, 4.69) is 22.2 Å². The van der Waals surface area contributed by atoms with E-state index in [0.717, 1.165) is 34.9 Å². The van der Waals surface area contributed by atoms with Gasteiger partial charge in [-0.2, -0.15) is 0 Å². The van der Waals surface area contributed by atoms with Crippen LogP contribution in [0.1, 0.15) is 68.1 Å². The zero-order valence-electron chi connectivity index (χ0n) is 19.6. The summed E-state index contributed by atoms with van der Waals surface area (Å²) in [6.07, 6.45) is 5.80. The summed E-state index contributed by atoms with van der Waals surface area (Å²) in [4.78, 5) is 26.2. The van der Waals surface area contributed by atoms with Gasteiger partial charge < -0.3 is 20.5 Å². The van der Waals surface area contributed by atoms with Crippen LogP contribution >= 0.6 is 0 Å². The average molecular weight is 448 g/mol. The topological polar surface area (TPSA) is 112 Å². The lowest BCUT2D eigenvalue weighted by molar-refractivity contribution is -0.0189. The smallest absolute Gasteiger partial charge is 0.340 e. The van der Waals surface area contributed by atoms with Crippen molar-refractivity contribution in [1.82, 2.24) is 15.0 Å². The number of anilines is 2. The van der Waals surface area contributed by atoms with E-state index in [1.165, 1.54) is 0 Å². The van der Waals surface area contributed by atoms with E-state index in [1.807, 2.05) is 33.0 Å². The molecule has 1 unspecified atom stereocenters. The maximum atomic E-state index is 12.4. The molecule has 33 heavy (non-hydrogen) atoms. The van der Waals surface area contributed by atoms with Crippen LogP contribution in [0.2, 0.25) is 0 Å². The number of nitrogens with one attached hydrogen (secondary N) is 1. The second-order valence-corrected chi connectivity index (χ2v) is 9.82.